The Labute approximate surface area is 121 Å². The molecule has 0 bridgehead atoms. The smallest absolute Gasteiger partial charge is 0.0486 e. The molecule has 2 nitrogen and oxygen atoms in total. The molecule has 1 saturated heterocycles. The molecule has 1 aromatic carbocycles. The Morgan fingerprint density at radius 3 is 2.35 bits per heavy atom. The van der Waals surface area contributed by atoms with Crippen LogP contribution < -0.4 is 4.90 Å². The molecule has 100 valence electrons. The normalized spacial score (nSPS) is 12.9. The van der Waals surface area contributed by atoms with Gasteiger partial charge in [0.2, 0.25) is 0 Å². The van der Waals surface area contributed by atoms with Gasteiger partial charge in [-0.2, -0.15) is 0 Å². The Bertz CT molecular complexity index is 593. The predicted octanol–water partition coefficient (Wildman–Crippen LogP) is 2.53. The van der Waals surface area contributed by atoms with Gasteiger partial charge in [0.05, 0.1) is 0 Å². The number of rotatable bonds is 1. The van der Waals surface area contributed by atoms with Gasteiger partial charge in [-0.05, 0) is 31.4 Å². The summed E-state index contributed by atoms with van der Waals surface area (Å²) in [6.45, 7) is 2.13. The number of nitrogens with zero attached hydrogens (tertiary/aromatic N) is 2. The Morgan fingerprint density at radius 2 is 1.60 bits per heavy atom. The second kappa shape index (κ2) is 7.83. The number of hydrogen-bond acceptors (Lipinski definition) is 2. The summed E-state index contributed by atoms with van der Waals surface area (Å²) in [4.78, 5) is 3.99. The van der Waals surface area contributed by atoms with E-state index in [0.717, 1.165) is 18.8 Å². The first-order valence-corrected chi connectivity index (χ1v) is 6.91. The van der Waals surface area contributed by atoms with Crippen LogP contribution in [0.4, 0.5) is 5.69 Å². The summed E-state index contributed by atoms with van der Waals surface area (Å²) in [5.41, 5.74) is 1.06. The highest BCUT2D eigenvalue weighted by Gasteiger charge is 2.04. The lowest BCUT2D eigenvalue weighted by atomic mass is 10.1. The third-order valence-corrected chi connectivity index (χ3v) is 3.12. The molecule has 0 atom stereocenters. The van der Waals surface area contributed by atoms with E-state index in [1.165, 1.54) is 19.3 Å². The Balaban J connectivity index is 1.85. The molecule has 0 amide bonds. The van der Waals surface area contributed by atoms with Crippen LogP contribution in [-0.2, 0) is 0 Å². The molecule has 1 heterocycles. The first kappa shape index (κ1) is 13.9. The van der Waals surface area contributed by atoms with Crippen molar-refractivity contribution in [1.29, 1.82) is 0 Å². The molecule has 0 aliphatic carbocycles. The van der Waals surface area contributed by atoms with Gasteiger partial charge in [-0.25, -0.2) is 0 Å². The van der Waals surface area contributed by atoms with E-state index < -0.39 is 0 Å². The minimum atomic E-state index is 1.06. The first-order valence-electron chi connectivity index (χ1n) is 6.91. The van der Waals surface area contributed by atoms with E-state index >= 15 is 0 Å². The van der Waals surface area contributed by atoms with E-state index in [0.29, 0.717) is 0 Å². The molecule has 0 unspecified atom stereocenters. The molecule has 1 aromatic rings. The molecule has 1 aliphatic heterocycles. The number of hydrogen-bond donors (Lipinski definition) is 0. The van der Waals surface area contributed by atoms with Gasteiger partial charge in [0.15, 0.2) is 0 Å². The Morgan fingerprint density at radius 1 is 0.900 bits per heavy atom. The molecular weight excluding hydrogens is 244 g/mol. The third-order valence-electron chi connectivity index (χ3n) is 3.12. The molecule has 0 N–H and O–H groups in total. The highest BCUT2D eigenvalue weighted by Crippen LogP contribution is 2.09. The number of para-hydroxylation sites is 1. The fourth-order valence-corrected chi connectivity index (χ4v) is 2.00. The van der Waals surface area contributed by atoms with Crippen molar-refractivity contribution in [3.05, 3.63) is 30.3 Å². The maximum atomic E-state index is 3.07. The maximum Gasteiger partial charge on any atom is 0.0486 e. The van der Waals surface area contributed by atoms with E-state index in [1.807, 2.05) is 42.3 Å². The Kier molecular flexibility index (Phi) is 5.45. The van der Waals surface area contributed by atoms with Crippen LogP contribution in [0.2, 0.25) is 0 Å². The van der Waals surface area contributed by atoms with Crippen LogP contribution >= 0.6 is 0 Å². The summed E-state index contributed by atoms with van der Waals surface area (Å²) in [5, 5.41) is 0. The summed E-state index contributed by atoms with van der Waals surface area (Å²) < 4.78 is 0. The maximum absolute atomic E-state index is 3.07. The van der Waals surface area contributed by atoms with Crippen LogP contribution in [0.5, 0.6) is 0 Å². The minimum absolute atomic E-state index is 1.06. The number of benzene rings is 1. The van der Waals surface area contributed by atoms with Crippen molar-refractivity contribution in [2.75, 3.05) is 25.0 Å². The zero-order valence-corrected chi connectivity index (χ0v) is 11.8. The fourth-order valence-electron chi connectivity index (χ4n) is 2.00. The van der Waals surface area contributed by atoms with Crippen LogP contribution in [0.3, 0.4) is 0 Å². The van der Waals surface area contributed by atoms with Crippen LogP contribution in [0.25, 0.3) is 0 Å². The van der Waals surface area contributed by atoms with Crippen molar-refractivity contribution in [3.8, 4) is 35.8 Å². The lowest BCUT2D eigenvalue weighted by Gasteiger charge is -2.21. The van der Waals surface area contributed by atoms with Crippen molar-refractivity contribution in [2.45, 2.75) is 19.3 Å². The fraction of sp³-hybridized carbons (Fsp3) is 0.333. The van der Waals surface area contributed by atoms with Crippen molar-refractivity contribution in [3.63, 3.8) is 0 Å². The zero-order chi connectivity index (χ0) is 14.0. The molecule has 0 spiro atoms. The third kappa shape index (κ3) is 4.64. The van der Waals surface area contributed by atoms with E-state index in [4.69, 9.17) is 0 Å². The van der Waals surface area contributed by atoms with Gasteiger partial charge in [-0.3, -0.25) is 0 Å². The molecular formula is C18H18N2. The lowest BCUT2D eigenvalue weighted by Crippen LogP contribution is -2.24. The molecule has 0 radical (unpaired) electrons. The van der Waals surface area contributed by atoms with Crippen molar-refractivity contribution in [2.24, 2.45) is 0 Å². The summed E-state index contributed by atoms with van der Waals surface area (Å²) >= 11 is 0. The molecule has 0 saturated carbocycles. The van der Waals surface area contributed by atoms with E-state index in [2.05, 4.69) is 40.7 Å². The topological polar surface area (TPSA) is 6.48 Å². The highest BCUT2D eigenvalue weighted by atomic mass is 15.1. The minimum Gasteiger partial charge on any atom is -0.332 e. The van der Waals surface area contributed by atoms with Gasteiger partial charge < -0.3 is 9.80 Å². The van der Waals surface area contributed by atoms with Gasteiger partial charge in [0.25, 0.3) is 0 Å². The van der Waals surface area contributed by atoms with E-state index in [1.54, 1.807) is 0 Å². The second-order valence-electron chi connectivity index (χ2n) is 4.67. The van der Waals surface area contributed by atoms with Gasteiger partial charge >= 0.3 is 0 Å². The largest absolute Gasteiger partial charge is 0.332 e. The van der Waals surface area contributed by atoms with Crippen LogP contribution in [0.1, 0.15) is 19.3 Å². The van der Waals surface area contributed by atoms with Gasteiger partial charge in [-0.1, -0.05) is 18.2 Å². The van der Waals surface area contributed by atoms with Crippen molar-refractivity contribution < 1.29 is 0 Å². The summed E-state index contributed by atoms with van der Waals surface area (Å²) in [5.74, 6) is 11.2. The lowest BCUT2D eigenvalue weighted by molar-refractivity contribution is 0.327. The molecule has 2 rings (SSSR count). The second-order valence-corrected chi connectivity index (χ2v) is 4.67. The number of anilines is 1. The first-order chi connectivity index (χ1) is 9.86. The van der Waals surface area contributed by atoms with Crippen LogP contribution in [-0.4, -0.2) is 25.0 Å². The molecule has 0 aromatic heterocycles. The van der Waals surface area contributed by atoms with Crippen molar-refractivity contribution >= 4 is 5.69 Å². The number of likely N-dealkylation sites (tertiary alicyclic amines) is 1. The molecule has 1 aliphatic rings. The predicted molar refractivity (Wildman–Crippen MR) is 83.6 cm³/mol. The standard InChI is InChI=1S/C18H18N2/c1-19(18-12-6-4-7-13-18)14-8-2-3-9-15-20-16-10-5-11-17-20/h4,6-7,12-13H,5,10-11,16-17H2,1H3. The van der Waals surface area contributed by atoms with Crippen molar-refractivity contribution in [1.82, 2.24) is 4.90 Å². The molecule has 1 fully saturated rings. The average Bonchev–Trinajstić information content (AvgIpc) is 2.52. The highest BCUT2D eigenvalue weighted by molar-refractivity contribution is 5.51. The number of piperidine rings is 1. The summed E-state index contributed by atoms with van der Waals surface area (Å²) in [7, 11) is 1.92. The Hall–Kier alpha value is -2.50. The van der Waals surface area contributed by atoms with E-state index in [-0.39, 0.29) is 0 Å². The summed E-state index contributed by atoms with van der Waals surface area (Å²) in [6, 6.07) is 16.0. The van der Waals surface area contributed by atoms with Crippen LogP contribution in [0, 0.1) is 35.8 Å². The molecule has 2 heteroatoms. The summed E-state index contributed by atoms with van der Waals surface area (Å²) in [6.07, 6.45) is 3.80. The van der Waals surface area contributed by atoms with Gasteiger partial charge in [-0.15, -0.1) is 0 Å². The van der Waals surface area contributed by atoms with E-state index in [9.17, 15) is 0 Å². The quantitative estimate of drug-likeness (QED) is 0.567. The molecule has 20 heavy (non-hydrogen) atoms. The monoisotopic (exact) mass is 262 g/mol. The zero-order valence-electron chi connectivity index (χ0n) is 11.8. The van der Waals surface area contributed by atoms with Gasteiger partial charge in [0.1, 0.15) is 0 Å². The SMILES string of the molecule is CN(C#CC#CC#CN1CCCCC1)c1ccccc1. The average molecular weight is 262 g/mol. The van der Waals surface area contributed by atoms with Crippen LogP contribution in [0.15, 0.2) is 30.3 Å². The van der Waals surface area contributed by atoms with Gasteiger partial charge in [0, 0.05) is 61.6 Å².